The van der Waals surface area contributed by atoms with E-state index >= 15 is 0 Å². The smallest absolute Gasteiger partial charge is 0.0583 e. The van der Waals surface area contributed by atoms with Crippen molar-refractivity contribution in [2.75, 3.05) is 38.2 Å². The first kappa shape index (κ1) is 13.8. The van der Waals surface area contributed by atoms with E-state index in [0.717, 1.165) is 15.6 Å². The number of hydrogen-bond donors (Lipinski definition) is 2. The summed E-state index contributed by atoms with van der Waals surface area (Å²) in [5.74, 6) is 0. The van der Waals surface area contributed by atoms with E-state index in [4.69, 9.17) is 17.3 Å². The van der Waals surface area contributed by atoms with Crippen LogP contribution in [0.25, 0.3) is 0 Å². The minimum absolute atomic E-state index is 0.659. The van der Waals surface area contributed by atoms with Crippen LogP contribution in [0.3, 0.4) is 0 Å². The van der Waals surface area contributed by atoms with Crippen LogP contribution in [-0.4, -0.2) is 37.3 Å². The lowest BCUT2D eigenvalue weighted by Gasteiger charge is -2.28. The zero-order valence-corrected chi connectivity index (χ0v) is 12.4. The molecule has 0 aliphatic carbocycles. The van der Waals surface area contributed by atoms with Gasteiger partial charge in [-0.2, -0.15) is 0 Å². The molecule has 3 N–H and O–H groups in total. The average molecular weight is 286 g/mol. The molecular weight excluding hydrogens is 266 g/mol. The van der Waals surface area contributed by atoms with Gasteiger partial charge in [-0.3, -0.25) is 0 Å². The molecule has 0 bridgehead atoms. The van der Waals surface area contributed by atoms with E-state index in [9.17, 15) is 0 Å². The second-order valence-electron chi connectivity index (χ2n) is 4.74. The fourth-order valence-electron chi connectivity index (χ4n) is 2.16. The summed E-state index contributed by atoms with van der Waals surface area (Å²) in [6.07, 6.45) is 2.44. The number of benzene rings is 1. The first-order chi connectivity index (χ1) is 8.60. The van der Waals surface area contributed by atoms with Crippen LogP contribution in [0.4, 0.5) is 11.4 Å². The van der Waals surface area contributed by atoms with Crippen LogP contribution in [-0.2, 0) is 0 Å². The van der Waals surface area contributed by atoms with Crippen LogP contribution in [0.2, 0.25) is 5.02 Å². The first-order valence-electron chi connectivity index (χ1n) is 6.22. The number of nitrogen functional groups attached to an aromatic ring is 1. The maximum Gasteiger partial charge on any atom is 0.0583 e. The quantitative estimate of drug-likeness (QED) is 0.837. The van der Waals surface area contributed by atoms with Crippen molar-refractivity contribution >= 4 is 34.7 Å². The third-order valence-corrected chi connectivity index (χ3v) is 5.15. The third-order valence-electron chi connectivity index (χ3n) is 3.33. The molecule has 3 nitrogen and oxygen atoms in total. The highest BCUT2D eigenvalue weighted by atomic mass is 35.5. The Morgan fingerprint density at radius 2 is 2.06 bits per heavy atom. The number of nitrogens with one attached hydrogen (secondary N) is 1. The highest BCUT2D eigenvalue weighted by molar-refractivity contribution is 8.00. The second kappa shape index (κ2) is 6.04. The lowest BCUT2D eigenvalue weighted by molar-refractivity contribution is 0.282. The lowest BCUT2D eigenvalue weighted by atomic mass is 10.1. The van der Waals surface area contributed by atoms with Crippen LogP contribution >= 0.6 is 23.4 Å². The van der Waals surface area contributed by atoms with Crippen molar-refractivity contribution in [3.63, 3.8) is 0 Å². The molecule has 1 aliphatic heterocycles. The van der Waals surface area contributed by atoms with Crippen LogP contribution in [0.1, 0.15) is 12.8 Å². The fourth-order valence-corrected chi connectivity index (χ4v) is 3.63. The van der Waals surface area contributed by atoms with Crippen molar-refractivity contribution in [3.8, 4) is 0 Å². The van der Waals surface area contributed by atoms with E-state index in [1.165, 1.54) is 25.9 Å². The number of rotatable bonds is 3. The summed E-state index contributed by atoms with van der Waals surface area (Å²) in [6.45, 7) is 2.34. The normalized spacial score (nSPS) is 17.9. The molecular formula is C13H20ClN3S. The molecule has 5 heteroatoms. The number of thioether (sulfide) groups is 1. The topological polar surface area (TPSA) is 41.3 Å². The number of hydrogen-bond acceptors (Lipinski definition) is 4. The van der Waals surface area contributed by atoms with E-state index in [1.54, 1.807) is 0 Å². The molecule has 1 aliphatic rings. The van der Waals surface area contributed by atoms with Crippen molar-refractivity contribution in [1.82, 2.24) is 4.90 Å². The lowest BCUT2D eigenvalue weighted by Crippen LogP contribution is -2.31. The molecule has 0 radical (unpaired) electrons. The Bertz CT molecular complexity index is 417. The Balaban J connectivity index is 2.09. The van der Waals surface area contributed by atoms with Crippen LogP contribution < -0.4 is 11.1 Å². The largest absolute Gasteiger partial charge is 0.397 e. The Hall–Kier alpha value is -0.580. The van der Waals surface area contributed by atoms with Gasteiger partial charge in [-0.1, -0.05) is 11.6 Å². The molecule has 1 aromatic rings. The Kier molecular flexibility index (Phi) is 4.65. The molecule has 0 saturated carbocycles. The van der Waals surface area contributed by atoms with Gasteiger partial charge >= 0.3 is 0 Å². The van der Waals surface area contributed by atoms with Crippen LogP contribution in [0.5, 0.6) is 0 Å². The predicted octanol–water partition coefficient (Wildman–Crippen LogP) is 3.15. The summed E-state index contributed by atoms with van der Waals surface area (Å²) in [5, 5.41) is 4.52. The standard InChI is InChI=1S/C13H20ClN3S/c1-16-12-8-13(10(14)7-11(12)15)18-9-3-5-17(2)6-4-9/h7-9,16H,3-6,15H2,1-2H3. The Labute approximate surface area is 118 Å². The zero-order chi connectivity index (χ0) is 13.1. The summed E-state index contributed by atoms with van der Waals surface area (Å²) < 4.78 is 0. The summed E-state index contributed by atoms with van der Waals surface area (Å²) in [6, 6.07) is 3.89. The monoisotopic (exact) mass is 285 g/mol. The fraction of sp³-hybridized carbons (Fsp3) is 0.538. The van der Waals surface area contributed by atoms with Gasteiger partial charge in [0, 0.05) is 17.2 Å². The number of anilines is 2. The van der Waals surface area contributed by atoms with Gasteiger partial charge in [-0.25, -0.2) is 0 Å². The minimum Gasteiger partial charge on any atom is -0.397 e. The average Bonchev–Trinajstić information content (AvgIpc) is 2.35. The molecule has 0 atom stereocenters. The number of nitrogens with zero attached hydrogens (tertiary/aromatic N) is 1. The number of halogens is 1. The van der Waals surface area contributed by atoms with E-state index in [-0.39, 0.29) is 0 Å². The van der Waals surface area contributed by atoms with Crippen molar-refractivity contribution in [1.29, 1.82) is 0 Å². The van der Waals surface area contributed by atoms with Crippen LogP contribution in [0.15, 0.2) is 17.0 Å². The molecule has 2 rings (SSSR count). The zero-order valence-electron chi connectivity index (χ0n) is 10.9. The van der Waals surface area contributed by atoms with Gasteiger partial charge in [0.05, 0.1) is 16.4 Å². The number of piperidine rings is 1. The predicted molar refractivity (Wildman–Crippen MR) is 81.8 cm³/mol. The highest BCUT2D eigenvalue weighted by Gasteiger charge is 2.19. The molecule has 0 amide bonds. The second-order valence-corrected chi connectivity index (χ2v) is 6.49. The van der Waals surface area contributed by atoms with E-state index in [1.807, 2.05) is 24.9 Å². The van der Waals surface area contributed by atoms with Gasteiger partial charge in [0.2, 0.25) is 0 Å². The van der Waals surface area contributed by atoms with E-state index in [2.05, 4.69) is 23.3 Å². The molecule has 0 spiro atoms. The van der Waals surface area contributed by atoms with Gasteiger partial charge in [-0.15, -0.1) is 11.8 Å². The summed E-state index contributed by atoms with van der Waals surface area (Å²) >= 11 is 8.14. The highest BCUT2D eigenvalue weighted by Crippen LogP contribution is 2.38. The third kappa shape index (κ3) is 3.25. The maximum absolute atomic E-state index is 6.27. The van der Waals surface area contributed by atoms with Gasteiger partial charge in [0.1, 0.15) is 0 Å². The molecule has 1 fully saturated rings. The van der Waals surface area contributed by atoms with Gasteiger partial charge in [0.15, 0.2) is 0 Å². The molecule has 18 heavy (non-hydrogen) atoms. The van der Waals surface area contributed by atoms with Gasteiger partial charge in [-0.05, 0) is 45.1 Å². The summed E-state index contributed by atoms with van der Waals surface area (Å²) in [7, 11) is 4.06. The molecule has 100 valence electrons. The van der Waals surface area contributed by atoms with Gasteiger partial charge in [0.25, 0.3) is 0 Å². The number of likely N-dealkylation sites (tertiary alicyclic amines) is 1. The number of nitrogens with two attached hydrogens (primary N) is 1. The molecule has 1 saturated heterocycles. The molecule has 0 aromatic heterocycles. The minimum atomic E-state index is 0.659. The Morgan fingerprint density at radius 1 is 1.39 bits per heavy atom. The van der Waals surface area contributed by atoms with Crippen LogP contribution in [0, 0.1) is 0 Å². The van der Waals surface area contributed by atoms with E-state index in [0.29, 0.717) is 10.9 Å². The van der Waals surface area contributed by atoms with Crippen molar-refractivity contribution in [2.45, 2.75) is 23.0 Å². The van der Waals surface area contributed by atoms with Crippen molar-refractivity contribution < 1.29 is 0 Å². The molecule has 0 unspecified atom stereocenters. The molecule has 1 heterocycles. The summed E-state index contributed by atoms with van der Waals surface area (Å²) in [5.41, 5.74) is 7.55. The van der Waals surface area contributed by atoms with Crippen molar-refractivity contribution in [3.05, 3.63) is 17.2 Å². The Morgan fingerprint density at radius 3 is 2.67 bits per heavy atom. The van der Waals surface area contributed by atoms with E-state index < -0.39 is 0 Å². The van der Waals surface area contributed by atoms with Gasteiger partial charge < -0.3 is 16.0 Å². The van der Waals surface area contributed by atoms with Crippen molar-refractivity contribution in [2.24, 2.45) is 0 Å². The first-order valence-corrected chi connectivity index (χ1v) is 7.48. The molecule has 1 aromatic carbocycles. The maximum atomic E-state index is 6.27. The SMILES string of the molecule is CNc1cc(SC2CCN(C)CC2)c(Cl)cc1N. The summed E-state index contributed by atoms with van der Waals surface area (Å²) in [4.78, 5) is 3.51.